The third kappa shape index (κ3) is 3.72. The van der Waals surface area contributed by atoms with Crippen molar-refractivity contribution in [2.24, 2.45) is 0 Å². The van der Waals surface area contributed by atoms with Crippen molar-refractivity contribution in [1.82, 2.24) is 9.88 Å². The molecule has 0 saturated heterocycles. The Morgan fingerprint density at radius 2 is 2.16 bits per heavy atom. The first kappa shape index (κ1) is 13.9. The maximum absolute atomic E-state index is 12.2. The molecule has 4 heteroatoms. The van der Waals surface area contributed by atoms with Crippen LogP contribution in [-0.2, 0) is 6.54 Å². The SMILES string of the molecule is Cc1cc(C(=O)CN(C)Cc2ccccn2)c(C)s1. The Balaban J connectivity index is 1.97. The van der Waals surface area contributed by atoms with E-state index >= 15 is 0 Å². The molecule has 0 N–H and O–H groups in total. The quantitative estimate of drug-likeness (QED) is 0.786. The summed E-state index contributed by atoms with van der Waals surface area (Å²) in [5.41, 5.74) is 1.84. The molecular formula is C15H18N2OS. The molecule has 100 valence electrons. The molecule has 2 rings (SSSR count). The fraction of sp³-hybridized carbons (Fsp3) is 0.333. The minimum absolute atomic E-state index is 0.181. The van der Waals surface area contributed by atoms with Crippen LogP contribution in [0.5, 0.6) is 0 Å². The van der Waals surface area contributed by atoms with Gasteiger partial charge in [0.25, 0.3) is 0 Å². The summed E-state index contributed by atoms with van der Waals surface area (Å²) in [7, 11) is 1.95. The Hall–Kier alpha value is -1.52. The summed E-state index contributed by atoms with van der Waals surface area (Å²) in [5, 5.41) is 0. The molecular weight excluding hydrogens is 256 g/mol. The molecule has 2 aromatic heterocycles. The predicted molar refractivity (Wildman–Crippen MR) is 78.7 cm³/mol. The number of Topliss-reactive ketones (excluding diaryl/α,β-unsaturated/α-hetero) is 1. The molecule has 0 unspecified atom stereocenters. The Bertz CT molecular complexity index is 563. The predicted octanol–water partition coefficient (Wildman–Crippen LogP) is 3.07. The van der Waals surface area contributed by atoms with Gasteiger partial charge in [-0.15, -0.1) is 11.3 Å². The fourth-order valence-electron chi connectivity index (χ4n) is 2.06. The Morgan fingerprint density at radius 1 is 1.37 bits per heavy atom. The molecule has 19 heavy (non-hydrogen) atoms. The highest BCUT2D eigenvalue weighted by molar-refractivity contribution is 7.12. The van der Waals surface area contributed by atoms with E-state index in [9.17, 15) is 4.79 Å². The second-order valence-electron chi connectivity index (χ2n) is 4.74. The number of hydrogen-bond donors (Lipinski definition) is 0. The van der Waals surface area contributed by atoms with E-state index in [2.05, 4.69) is 4.98 Å². The van der Waals surface area contributed by atoms with Crippen LogP contribution in [-0.4, -0.2) is 29.3 Å². The van der Waals surface area contributed by atoms with Crippen molar-refractivity contribution >= 4 is 17.1 Å². The van der Waals surface area contributed by atoms with Gasteiger partial charge in [0, 0.05) is 28.1 Å². The molecule has 0 aliphatic heterocycles. The van der Waals surface area contributed by atoms with Gasteiger partial charge in [0.05, 0.1) is 12.2 Å². The second-order valence-corrected chi connectivity index (χ2v) is 6.20. The number of nitrogens with zero attached hydrogens (tertiary/aromatic N) is 2. The van der Waals surface area contributed by atoms with Crippen molar-refractivity contribution in [3.8, 4) is 0 Å². The van der Waals surface area contributed by atoms with Crippen LogP contribution in [0, 0.1) is 13.8 Å². The Morgan fingerprint density at radius 3 is 2.74 bits per heavy atom. The number of carbonyl (C=O) groups excluding carboxylic acids is 1. The van der Waals surface area contributed by atoms with Crippen LogP contribution in [0.1, 0.15) is 25.8 Å². The lowest BCUT2D eigenvalue weighted by Crippen LogP contribution is -2.26. The van der Waals surface area contributed by atoms with E-state index in [-0.39, 0.29) is 5.78 Å². The van der Waals surface area contributed by atoms with E-state index in [1.165, 1.54) is 4.88 Å². The highest BCUT2D eigenvalue weighted by Gasteiger charge is 2.14. The molecule has 2 heterocycles. The number of carbonyl (C=O) groups is 1. The third-order valence-electron chi connectivity index (χ3n) is 2.91. The van der Waals surface area contributed by atoms with Gasteiger partial charge in [0.2, 0.25) is 0 Å². The molecule has 0 radical (unpaired) electrons. The summed E-state index contributed by atoms with van der Waals surface area (Å²) in [4.78, 5) is 20.8. The maximum atomic E-state index is 12.2. The van der Waals surface area contributed by atoms with Crippen molar-refractivity contribution in [2.45, 2.75) is 20.4 Å². The highest BCUT2D eigenvalue weighted by Crippen LogP contribution is 2.21. The van der Waals surface area contributed by atoms with Crippen molar-refractivity contribution < 1.29 is 4.79 Å². The van der Waals surface area contributed by atoms with E-state index in [4.69, 9.17) is 0 Å². The number of pyridine rings is 1. The Kier molecular flexibility index (Phi) is 4.45. The van der Waals surface area contributed by atoms with Gasteiger partial charge >= 0.3 is 0 Å². The second kappa shape index (κ2) is 6.08. The summed E-state index contributed by atoms with van der Waals surface area (Å²) < 4.78 is 0. The van der Waals surface area contributed by atoms with Crippen LogP contribution >= 0.6 is 11.3 Å². The van der Waals surface area contributed by atoms with Crippen molar-refractivity contribution in [3.05, 3.63) is 51.5 Å². The minimum atomic E-state index is 0.181. The van der Waals surface area contributed by atoms with Crippen LogP contribution in [0.15, 0.2) is 30.5 Å². The third-order valence-corrected chi connectivity index (χ3v) is 3.88. The van der Waals surface area contributed by atoms with E-state index < -0.39 is 0 Å². The fourth-order valence-corrected chi connectivity index (χ4v) is 3.00. The summed E-state index contributed by atoms with van der Waals surface area (Å²) in [6, 6.07) is 7.81. The zero-order chi connectivity index (χ0) is 13.8. The smallest absolute Gasteiger partial charge is 0.177 e. The van der Waals surface area contributed by atoms with Gasteiger partial charge in [0.1, 0.15) is 0 Å². The van der Waals surface area contributed by atoms with Gasteiger partial charge in [-0.05, 0) is 39.1 Å². The average Bonchev–Trinajstić information content (AvgIpc) is 2.69. The standard InChI is InChI=1S/C15H18N2OS/c1-11-8-14(12(2)19-11)15(18)10-17(3)9-13-6-4-5-7-16-13/h4-8H,9-10H2,1-3H3. The number of aryl methyl sites for hydroxylation is 2. The molecule has 0 fully saturated rings. The van der Waals surface area contributed by atoms with E-state index in [1.54, 1.807) is 17.5 Å². The molecule has 0 aromatic carbocycles. The van der Waals surface area contributed by atoms with E-state index in [0.717, 1.165) is 16.1 Å². The lowest BCUT2D eigenvalue weighted by molar-refractivity contribution is 0.0942. The van der Waals surface area contributed by atoms with Crippen molar-refractivity contribution in [1.29, 1.82) is 0 Å². The molecule has 3 nitrogen and oxygen atoms in total. The molecule has 0 aliphatic carbocycles. The van der Waals surface area contributed by atoms with Gasteiger partial charge < -0.3 is 0 Å². The monoisotopic (exact) mass is 274 g/mol. The number of thiophene rings is 1. The zero-order valence-electron chi connectivity index (χ0n) is 11.5. The number of ketones is 1. The zero-order valence-corrected chi connectivity index (χ0v) is 12.3. The van der Waals surface area contributed by atoms with E-state index in [1.807, 2.05) is 50.1 Å². The lowest BCUT2D eigenvalue weighted by Gasteiger charge is -2.15. The number of likely N-dealkylation sites (N-methyl/N-ethyl adjacent to an activating group) is 1. The van der Waals surface area contributed by atoms with Gasteiger partial charge in [-0.2, -0.15) is 0 Å². The van der Waals surface area contributed by atoms with Crippen molar-refractivity contribution in [2.75, 3.05) is 13.6 Å². The highest BCUT2D eigenvalue weighted by atomic mass is 32.1. The van der Waals surface area contributed by atoms with Gasteiger partial charge in [-0.3, -0.25) is 14.7 Å². The number of aromatic nitrogens is 1. The summed E-state index contributed by atoms with van der Waals surface area (Å²) in [6.07, 6.45) is 1.78. The molecule has 0 bridgehead atoms. The maximum Gasteiger partial charge on any atom is 0.177 e. The number of hydrogen-bond acceptors (Lipinski definition) is 4. The van der Waals surface area contributed by atoms with Crippen LogP contribution in [0.2, 0.25) is 0 Å². The topological polar surface area (TPSA) is 33.2 Å². The van der Waals surface area contributed by atoms with Crippen molar-refractivity contribution in [3.63, 3.8) is 0 Å². The first-order chi connectivity index (χ1) is 9.06. The van der Waals surface area contributed by atoms with E-state index in [0.29, 0.717) is 13.1 Å². The van der Waals surface area contributed by atoms with Gasteiger partial charge in [-0.25, -0.2) is 0 Å². The minimum Gasteiger partial charge on any atom is -0.293 e. The van der Waals surface area contributed by atoms with Gasteiger partial charge in [0.15, 0.2) is 5.78 Å². The number of rotatable bonds is 5. The van der Waals surface area contributed by atoms with Crippen LogP contribution in [0.4, 0.5) is 0 Å². The molecule has 2 aromatic rings. The largest absolute Gasteiger partial charge is 0.293 e. The molecule has 0 atom stereocenters. The molecule has 0 saturated carbocycles. The van der Waals surface area contributed by atoms with Gasteiger partial charge in [-0.1, -0.05) is 6.07 Å². The summed E-state index contributed by atoms with van der Waals surface area (Å²) >= 11 is 1.68. The van der Waals surface area contributed by atoms with Crippen LogP contribution < -0.4 is 0 Å². The summed E-state index contributed by atoms with van der Waals surface area (Å²) in [6.45, 7) is 5.15. The summed E-state index contributed by atoms with van der Waals surface area (Å²) in [5.74, 6) is 0.181. The van der Waals surface area contributed by atoms with Crippen LogP contribution in [0.3, 0.4) is 0 Å². The first-order valence-corrected chi connectivity index (χ1v) is 7.06. The molecule has 0 aliphatic rings. The molecule has 0 spiro atoms. The average molecular weight is 274 g/mol. The Labute approximate surface area is 117 Å². The lowest BCUT2D eigenvalue weighted by atomic mass is 10.1. The van der Waals surface area contributed by atoms with Crippen LogP contribution in [0.25, 0.3) is 0 Å². The first-order valence-electron chi connectivity index (χ1n) is 6.25. The normalized spacial score (nSPS) is 10.9. The molecule has 0 amide bonds.